The summed E-state index contributed by atoms with van der Waals surface area (Å²) in [6, 6.07) is 8.09. The number of aromatic nitrogens is 2. The number of hydrogen-bond acceptors (Lipinski definition) is 3. The Labute approximate surface area is 147 Å². The van der Waals surface area contributed by atoms with Gasteiger partial charge in [-0.15, -0.1) is 0 Å². The van der Waals surface area contributed by atoms with Crippen molar-refractivity contribution in [3.8, 4) is 0 Å². The summed E-state index contributed by atoms with van der Waals surface area (Å²) in [5.74, 6) is 1.48. The normalized spacial score (nSPS) is 17.2. The third kappa shape index (κ3) is 4.32. The minimum Gasteiger partial charge on any atom is -0.324 e. The van der Waals surface area contributed by atoms with Crippen molar-refractivity contribution in [3.05, 3.63) is 47.8 Å². The number of amides is 2. The first-order valence-corrected chi connectivity index (χ1v) is 9.65. The molecule has 0 bridgehead atoms. The summed E-state index contributed by atoms with van der Waals surface area (Å²) in [7, 11) is 1.93. The maximum Gasteiger partial charge on any atom is 0.321 e. The van der Waals surface area contributed by atoms with E-state index in [0.717, 1.165) is 37.4 Å². The van der Waals surface area contributed by atoms with Crippen LogP contribution in [0.15, 0.2) is 36.7 Å². The molecule has 1 aliphatic rings. The average molecular weight is 344 g/mol. The largest absolute Gasteiger partial charge is 0.324 e. The van der Waals surface area contributed by atoms with E-state index < -0.39 is 0 Å². The van der Waals surface area contributed by atoms with Gasteiger partial charge in [-0.3, -0.25) is 4.68 Å². The van der Waals surface area contributed by atoms with Gasteiger partial charge in [0.1, 0.15) is 0 Å². The van der Waals surface area contributed by atoms with Crippen LogP contribution in [0.2, 0.25) is 0 Å². The molecule has 0 spiro atoms. The molecule has 0 saturated carbocycles. The second kappa shape index (κ2) is 7.75. The number of carbonyl (C=O) groups excluding carboxylic acids is 1. The first-order chi connectivity index (χ1) is 11.6. The quantitative estimate of drug-likeness (QED) is 0.905. The summed E-state index contributed by atoms with van der Waals surface area (Å²) in [6.07, 6.45) is 8.09. The van der Waals surface area contributed by atoms with E-state index in [1.807, 2.05) is 35.0 Å². The number of thioether (sulfide) groups is 1. The molecule has 0 radical (unpaired) electrons. The molecule has 1 atom stereocenters. The zero-order valence-corrected chi connectivity index (χ0v) is 15.1. The van der Waals surface area contributed by atoms with Gasteiger partial charge in [0.15, 0.2) is 0 Å². The fourth-order valence-corrected chi connectivity index (χ4v) is 3.72. The van der Waals surface area contributed by atoms with Gasteiger partial charge in [-0.1, -0.05) is 12.1 Å². The Kier molecular flexibility index (Phi) is 5.45. The van der Waals surface area contributed by atoms with Crippen LogP contribution in [0.3, 0.4) is 0 Å². The highest BCUT2D eigenvalue weighted by Gasteiger charge is 2.26. The van der Waals surface area contributed by atoms with Gasteiger partial charge in [0.25, 0.3) is 0 Å². The Morgan fingerprint density at radius 1 is 1.42 bits per heavy atom. The van der Waals surface area contributed by atoms with Crippen molar-refractivity contribution in [1.82, 2.24) is 14.7 Å². The Morgan fingerprint density at radius 3 is 3.04 bits per heavy atom. The van der Waals surface area contributed by atoms with Crippen molar-refractivity contribution in [1.29, 1.82) is 0 Å². The average Bonchev–Trinajstić information content (AvgIpc) is 3.18. The molecule has 5 nitrogen and oxygen atoms in total. The molecule has 128 valence electrons. The highest BCUT2D eigenvalue weighted by atomic mass is 32.2. The molecular formula is C18H24N4OS. The van der Waals surface area contributed by atoms with Crippen LogP contribution < -0.4 is 5.32 Å². The summed E-state index contributed by atoms with van der Waals surface area (Å²) >= 11 is 1.78. The molecule has 0 unspecified atom stereocenters. The number of nitrogens with zero attached hydrogens (tertiary/aromatic N) is 3. The minimum absolute atomic E-state index is 0.00462. The van der Waals surface area contributed by atoms with Crippen molar-refractivity contribution in [2.24, 2.45) is 13.0 Å². The predicted molar refractivity (Wildman–Crippen MR) is 99.3 cm³/mol. The Balaban J connectivity index is 1.53. The highest BCUT2D eigenvalue weighted by molar-refractivity contribution is 7.97. The van der Waals surface area contributed by atoms with E-state index in [4.69, 9.17) is 0 Å². The van der Waals surface area contributed by atoms with E-state index in [2.05, 4.69) is 35.0 Å². The van der Waals surface area contributed by atoms with Gasteiger partial charge < -0.3 is 10.2 Å². The second-order valence-corrected chi connectivity index (χ2v) is 7.26. The molecule has 2 heterocycles. The fraction of sp³-hybridized carbons (Fsp3) is 0.444. The smallest absolute Gasteiger partial charge is 0.321 e. The van der Waals surface area contributed by atoms with Crippen LogP contribution in [0.25, 0.3) is 0 Å². The maximum absolute atomic E-state index is 12.5. The van der Waals surface area contributed by atoms with E-state index in [1.54, 1.807) is 11.8 Å². The summed E-state index contributed by atoms with van der Waals surface area (Å²) in [5.41, 5.74) is 3.35. The van der Waals surface area contributed by atoms with Crippen LogP contribution >= 0.6 is 11.8 Å². The molecule has 1 saturated heterocycles. The summed E-state index contributed by atoms with van der Waals surface area (Å²) < 4.78 is 1.83. The zero-order valence-electron chi connectivity index (χ0n) is 14.2. The minimum atomic E-state index is 0.00462. The molecule has 24 heavy (non-hydrogen) atoms. The number of anilines is 1. The molecule has 1 aliphatic heterocycles. The molecule has 0 aliphatic carbocycles. The highest BCUT2D eigenvalue weighted by Crippen LogP contribution is 2.22. The van der Waals surface area contributed by atoms with E-state index in [-0.39, 0.29) is 6.03 Å². The summed E-state index contributed by atoms with van der Waals surface area (Å²) in [5, 5.41) is 7.25. The van der Waals surface area contributed by atoms with Crippen molar-refractivity contribution in [2.75, 3.05) is 24.7 Å². The zero-order chi connectivity index (χ0) is 16.9. The van der Waals surface area contributed by atoms with Gasteiger partial charge in [0, 0.05) is 37.8 Å². The summed E-state index contributed by atoms with van der Waals surface area (Å²) in [4.78, 5) is 14.4. The van der Waals surface area contributed by atoms with Crippen LogP contribution in [0.5, 0.6) is 0 Å². The van der Waals surface area contributed by atoms with Gasteiger partial charge >= 0.3 is 6.03 Å². The van der Waals surface area contributed by atoms with E-state index in [1.165, 1.54) is 11.1 Å². The van der Waals surface area contributed by atoms with Crippen molar-refractivity contribution >= 4 is 23.5 Å². The third-order valence-electron chi connectivity index (χ3n) is 4.35. The molecule has 1 aromatic heterocycles. The van der Waals surface area contributed by atoms with E-state index >= 15 is 0 Å². The third-order valence-corrected chi connectivity index (χ3v) is 4.97. The number of nitrogens with one attached hydrogen (secondary N) is 1. The lowest BCUT2D eigenvalue weighted by Gasteiger charge is -2.17. The van der Waals surface area contributed by atoms with Gasteiger partial charge in [-0.05, 0) is 48.3 Å². The predicted octanol–water partition coefficient (Wildman–Crippen LogP) is 3.38. The first kappa shape index (κ1) is 16.9. The number of rotatable bonds is 5. The Bertz CT molecular complexity index is 700. The molecular weight excluding hydrogens is 320 g/mol. The Hall–Kier alpha value is -1.95. The molecule has 2 aromatic rings. The molecule has 1 fully saturated rings. The van der Waals surface area contributed by atoms with Crippen LogP contribution in [0.4, 0.5) is 10.5 Å². The SMILES string of the molecule is CSCc1cccc(NC(=O)N2CC[C@@H](Cc3cnn(C)c3)C2)c1. The van der Waals surface area contributed by atoms with E-state index in [0.29, 0.717) is 5.92 Å². The van der Waals surface area contributed by atoms with Gasteiger partial charge in [-0.2, -0.15) is 16.9 Å². The number of likely N-dealkylation sites (tertiary alicyclic amines) is 1. The molecule has 1 aromatic carbocycles. The van der Waals surface area contributed by atoms with Crippen LogP contribution in [0.1, 0.15) is 17.5 Å². The lowest BCUT2D eigenvalue weighted by molar-refractivity contribution is 0.221. The first-order valence-electron chi connectivity index (χ1n) is 8.25. The van der Waals surface area contributed by atoms with E-state index in [9.17, 15) is 4.79 Å². The monoisotopic (exact) mass is 344 g/mol. The molecule has 3 rings (SSSR count). The van der Waals surface area contributed by atoms with Gasteiger partial charge in [0.05, 0.1) is 6.20 Å². The van der Waals surface area contributed by atoms with Crippen LogP contribution in [-0.4, -0.2) is 40.1 Å². The van der Waals surface area contributed by atoms with Gasteiger partial charge in [-0.25, -0.2) is 4.79 Å². The number of carbonyl (C=O) groups is 1. The van der Waals surface area contributed by atoms with Crippen molar-refractivity contribution < 1.29 is 4.79 Å². The Morgan fingerprint density at radius 2 is 2.29 bits per heavy atom. The molecule has 2 amide bonds. The van der Waals surface area contributed by atoms with Crippen LogP contribution in [-0.2, 0) is 19.2 Å². The molecule has 1 N–H and O–H groups in total. The fourth-order valence-electron chi connectivity index (χ4n) is 3.20. The number of benzene rings is 1. The lowest BCUT2D eigenvalue weighted by Crippen LogP contribution is -2.33. The number of aryl methyl sites for hydroxylation is 1. The summed E-state index contributed by atoms with van der Waals surface area (Å²) in [6.45, 7) is 1.63. The van der Waals surface area contributed by atoms with Crippen molar-refractivity contribution in [2.45, 2.75) is 18.6 Å². The maximum atomic E-state index is 12.5. The van der Waals surface area contributed by atoms with Gasteiger partial charge in [0.2, 0.25) is 0 Å². The number of hydrogen-bond donors (Lipinski definition) is 1. The standard InChI is InChI=1S/C18H24N4OS/c1-21-11-16(10-19-21)8-14-6-7-22(12-14)18(23)20-17-5-3-4-15(9-17)13-24-2/h3-5,9-11,14H,6-8,12-13H2,1-2H3,(H,20,23)/t14-/m0/s1. The lowest BCUT2D eigenvalue weighted by atomic mass is 10.0. The number of urea groups is 1. The second-order valence-electron chi connectivity index (χ2n) is 6.39. The molecule has 6 heteroatoms. The topological polar surface area (TPSA) is 50.2 Å². The van der Waals surface area contributed by atoms with Crippen LogP contribution in [0, 0.1) is 5.92 Å². The van der Waals surface area contributed by atoms with Crippen molar-refractivity contribution in [3.63, 3.8) is 0 Å².